The van der Waals surface area contributed by atoms with Crippen LogP contribution in [0.3, 0.4) is 0 Å². The molecule has 1 rings (SSSR count). The summed E-state index contributed by atoms with van der Waals surface area (Å²) in [6.07, 6.45) is 1.30. The molecule has 4 nitrogen and oxygen atoms in total. The van der Waals surface area contributed by atoms with Crippen LogP contribution in [0, 0.1) is 6.07 Å². The molecule has 2 amide bonds. The monoisotopic (exact) mass is 275 g/mol. The Morgan fingerprint density at radius 1 is 0.950 bits per heavy atom. The highest BCUT2D eigenvalue weighted by atomic mass is 16.1. The number of amides is 2. The van der Waals surface area contributed by atoms with Gasteiger partial charge < -0.3 is 10.6 Å². The largest absolute Gasteiger partial charge is 0.328 e. The van der Waals surface area contributed by atoms with Gasteiger partial charge in [-0.25, -0.2) is 0 Å². The molecule has 0 aliphatic heterocycles. The first-order valence-corrected chi connectivity index (χ1v) is 6.63. The van der Waals surface area contributed by atoms with Gasteiger partial charge in [-0.3, -0.25) is 9.59 Å². The molecule has 0 fully saturated rings. The fourth-order valence-electron chi connectivity index (χ4n) is 2.27. The van der Waals surface area contributed by atoms with Gasteiger partial charge in [0.15, 0.2) is 0 Å². The van der Waals surface area contributed by atoms with Crippen molar-refractivity contribution in [1.29, 1.82) is 0 Å². The number of benzene rings is 1. The van der Waals surface area contributed by atoms with Gasteiger partial charge in [-0.15, -0.1) is 0 Å². The molecular weight excluding hydrogens is 252 g/mol. The SMILES string of the molecule is CC(C)(C)c1c[c]c(NC=O)c(C(C)(C)C)c1NC=O. The van der Waals surface area contributed by atoms with Crippen LogP contribution in [0.4, 0.5) is 11.4 Å². The van der Waals surface area contributed by atoms with Crippen molar-refractivity contribution < 1.29 is 9.59 Å². The number of nitrogens with one attached hydrogen (secondary N) is 2. The maximum atomic E-state index is 11.0. The quantitative estimate of drug-likeness (QED) is 0.829. The van der Waals surface area contributed by atoms with E-state index in [0.29, 0.717) is 18.5 Å². The van der Waals surface area contributed by atoms with Gasteiger partial charge in [0.05, 0.1) is 11.4 Å². The summed E-state index contributed by atoms with van der Waals surface area (Å²) in [5.41, 5.74) is 2.85. The number of carbonyl (C=O) groups excluding carboxylic acids is 2. The zero-order chi connectivity index (χ0) is 15.6. The number of rotatable bonds is 4. The average Bonchev–Trinajstić information content (AvgIpc) is 2.26. The summed E-state index contributed by atoms with van der Waals surface area (Å²) >= 11 is 0. The van der Waals surface area contributed by atoms with Crippen molar-refractivity contribution in [2.45, 2.75) is 52.4 Å². The molecule has 0 aliphatic rings. The molecular formula is C16H23N2O2. The normalized spacial score (nSPS) is 11.9. The zero-order valence-corrected chi connectivity index (χ0v) is 13.0. The molecule has 1 aromatic rings. The highest BCUT2D eigenvalue weighted by molar-refractivity contribution is 5.85. The van der Waals surface area contributed by atoms with E-state index in [9.17, 15) is 9.59 Å². The second-order valence-electron chi connectivity index (χ2n) is 6.85. The van der Waals surface area contributed by atoms with Crippen LogP contribution in [-0.2, 0) is 20.4 Å². The summed E-state index contributed by atoms with van der Waals surface area (Å²) in [6.45, 7) is 12.3. The van der Waals surface area contributed by atoms with Gasteiger partial charge in [-0.1, -0.05) is 41.5 Å². The standard InChI is InChI=1S/C16H23N2O2/c1-15(2,3)11-7-8-12(17-9-19)13(16(4,5)6)14(11)18-10-20/h7,9-10H,1-6H3,(H,17,19)(H,18,20). The van der Waals surface area contributed by atoms with Gasteiger partial charge in [0.2, 0.25) is 12.8 Å². The Balaban J connectivity index is 3.69. The van der Waals surface area contributed by atoms with Crippen molar-refractivity contribution in [2.75, 3.05) is 10.6 Å². The van der Waals surface area contributed by atoms with E-state index >= 15 is 0 Å². The van der Waals surface area contributed by atoms with Crippen LogP contribution >= 0.6 is 0 Å². The van der Waals surface area contributed by atoms with E-state index in [0.717, 1.165) is 16.8 Å². The minimum atomic E-state index is -0.242. The number of hydrogen-bond acceptors (Lipinski definition) is 2. The van der Waals surface area contributed by atoms with Crippen molar-refractivity contribution in [3.8, 4) is 0 Å². The van der Waals surface area contributed by atoms with Crippen LogP contribution in [0.15, 0.2) is 6.07 Å². The minimum absolute atomic E-state index is 0.137. The number of carbonyl (C=O) groups is 2. The van der Waals surface area contributed by atoms with Gasteiger partial charge in [0, 0.05) is 11.6 Å². The van der Waals surface area contributed by atoms with E-state index in [4.69, 9.17) is 0 Å². The smallest absolute Gasteiger partial charge is 0.211 e. The van der Waals surface area contributed by atoms with E-state index in [1.54, 1.807) is 0 Å². The third-order valence-corrected chi connectivity index (χ3v) is 3.09. The lowest BCUT2D eigenvalue weighted by molar-refractivity contribution is -0.106. The van der Waals surface area contributed by atoms with Crippen LogP contribution in [-0.4, -0.2) is 12.8 Å². The van der Waals surface area contributed by atoms with Crippen LogP contribution in [0.5, 0.6) is 0 Å². The Labute approximate surface area is 121 Å². The van der Waals surface area contributed by atoms with Crippen molar-refractivity contribution in [3.05, 3.63) is 23.3 Å². The summed E-state index contributed by atoms with van der Waals surface area (Å²) < 4.78 is 0. The van der Waals surface area contributed by atoms with E-state index in [1.807, 2.05) is 26.8 Å². The molecule has 4 heteroatoms. The van der Waals surface area contributed by atoms with Crippen molar-refractivity contribution in [2.24, 2.45) is 0 Å². The number of anilines is 2. The molecule has 0 saturated carbocycles. The topological polar surface area (TPSA) is 58.2 Å². The number of hydrogen-bond donors (Lipinski definition) is 2. The summed E-state index contributed by atoms with van der Waals surface area (Å²) in [7, 11) is 0. The van der Waals surface area contributed by atoms with Gasteiger partial charge in [-0.05, 0) is 22.5 Å². The van der Waals surface area contributed by atoms with E-state index in [2.05, 4.69) is 37.5 Å². The predicted octanol–water partition coefficient (Wildman–Crippen LogP) is 3.22. The first-order chi connectivity index (χ1) is 9.12. The zero-order valence-electron chi connectivity index (χ0n) is 13.0. The highest BCUT2D eigenvalue weighted by Crippen LogP contribution is 2.41. The van der Waals surface area contributed by atoms with Crippen LogP contribution in [0.25, 0.3) is 0 Å². The Morgan fingerprint density at radius 3 is 1.90 bits per heavy atom. The summed E-state index contributed by atoms with van der Waals surface area (Å²) in [6, 6.07) is 4.95. The lowest BCUT2D eigenvalue weighted by atomic mass is 9.78. The van der Waals surface area contributed by atoms with E-state index in [1.165, 1.54) is 0 Å². The molecule has 0 saturated heterocycles. The third kappa shape index (κ3) is 3.38. The molecule has 0 heterocycles. The van der Waals surface area contributed by atoms with Crippen LogP contribution in [0.2, 0.25) is 0 Å². The second kappa shape index (κ2) is 5.65. The molecule has 2 N–H and O–H groups in total. The molecule has 1 radical (unpaired) electrons. The van der Waals surface area contributed by atoms with Gasteiger partial charge in [0.25, 0.3) is 0 Å². The highest BCUT2D eigenvalue weighted by Gasteiger charge is 2.28. The Morgan fingerprint density at radius 2 is 1.50 bits per heavy atom. The van der Waals surface area contributed by atoms with Gasteiger partial charge in [0.1, 0.15) is 0 Å². The molecule has 0 aromatic heterocycles. The Kier molecular flexibility index (Phi) is 4.58. The third-order valence-electron chi connectivity index (χ3n) is 3.09. The maximum absolute atomic E-state index is 11.0. The average molecular weight is 275 g/mol. The predicted molar refractivity (Wildman–Crippen MR) is 82.1 cm³/mol. The maximum Gasteiger partial charge on any atom is 0.211 e. The molecule has 20 heavy (non-hydrogen) atoms. The van der Waals surface area contributed by atoms with Crippen molar-refractivity contribution in [3.63, 3.8) is 0 Å². The summed E-state index contributed by atoms with van der Waals surface area (Å²) in [4.78, 5) is 21.8. The first kappa shape index (κ1) is 16.2. The molecule has 0 bridgehead atoms. The minimum Gasteiger partial charge on any atom is -0.328 e. The second-order valence-corrected chi connectivity index (χ2v) is 6.85. The van der Waals surface area contributed by atoms with Gasteiger partial charge >= 0.3 is 0 Å². The molecule has 0 atom stereocenters. The van der Waals surface area contributed by atoms with Crippen molar-refractivity contribution >= 4 is 24.2 Å². The van der Waals surface area contributed by atoms with E-state index < -0.39 is 0 Å². The summed E-state index contributed by atoms with van der Waals surface area (Å²) in [5, 5.41) is 5.47. The fraction of sp³-hybridized carbons (Fsp3) is 0.500. The fourth-order valence-corrected chi connectivity index (χ4v) is 2.27. The van der Waals surface area contributed by atoms with E-state index in [-0.39, 0.29) is 10.8 Å². The lowest BCUT2D eigenvalue weighted by Crippen LogP contribution is -2.22. The Bertz CT molecular complexity index is 508. The van der Waals surface area contributed by atoms with Gasteiger partial charge in [-0.2, -0.15) is 0 Å². The molecule has 0 aliphatic carbocycles. The van der Waals surface area contributed by atoms with Crippen molar-refractivity contribution in [1.82, 2.24) is 0 Å². The first-order valence-electron chi connectivity index (χ1n) is 6.63. The summed E-state index contributed by atoms with van der Waals surface area (Å²) in [5.74, 6) is 0. The van der Waals surface area contributed by atoms with Crippen LogP contribution < -0.4 is 10.6 Å². The van der Waals surface area contributed by atoms with Crippen LogP contribution in [0.1, 0.15) is 52.7 Å². The molecule has 0 unspecified atom stereocenters. The molecule has 1 aromatic carbocycles. The molecule has 109 valence electrons. The molecule has 0 spiro atoms. The Hall–Kier alpha value is -1.84. The lowest BCUT2D eigenvalue weighted by Gasteiger charge is -2.31.